The molecule has 2 rings (SSSR count). The van der Waals surface area contributed by atoms with Crippen molar-refractivity contribution in [3.8, 4) is 11.3 Å². The molecule has 1 aromatic carbocycles. The van der Waals surface area contributed by atoms with Crippen molar-refractivity contribution in [2.75, 3.05) is 0 Å². The molecular formula is C12H10ClNO. The SMILES string of the molecule is Cc1cccc(-c2ccc(Cl)cc2)[n+]1[O-]. The van der Waals surface area contributed by atoms with Crippen molar-refractivity contribution >= 4 is 11.6 Å². The summed E-state index contributed by atoms with van der Waals surface area (Å²) in [5.74, 6) is 0. The summed E-state index contributed by atoms with van der Waals surface area (Å²) < 4.78 is 0.920. The summed E-state index contributed by atoms with van der Waals surface area (Å²) in [5.41, 5.74) is 2.20. The molecule has 0 unspecified atom stereocenters. The Bertz CT molecular complexity index is 479. The van der Waals surface area contributed by atoms with Crippen LogP contribution in [0, 0.1) is 12.1 Å². The predicted molar refractivity (Wildman–Crippen MR) is 60.6 cm³/mol. The molecule has 0 radical (unpaired) electrons. The van der Waals surface area contributed by atoms with Crippen molar-refractivity contribution in [1.29, 1.82) is 0 Å². The topological polar surface area (TPSA) is 26.9 Å². The smallest absolute Gasteiger partial charge is 0.223 e. The minimum atomic E-state index is 0.645. The van der Waals surface area contributed by atoms with Crippen molar-refractivity contribution in [1.82, 2.24) is 0 Å². The number of rotatable bonds is 1. The van der Waals surface area contributed by atoms with Crippen LogP contribution in [0.4, 0.5) is 0 Å². The third kappa shape index (κ3) is 1.95. The molecule has 0 aliphatic carbocycles. The standard InChI is InChI=1S/C12H10ClNO/c1-9-3-2-4-12(14(9)15)10-5-7-11(13)8-6-10/h2-8H,1H3. The van der Waals surface area contributed by atoms with E-state index in [2.05, 4.69) is 0 Å². The Morgan fingerprint density at radius 3 is 2.40 bits per heavy atom. The molecule has 0 spiro atoms. The van der Waals surface area contributed by atoms with Gasteiger partial charge in [-0.3, -0.25) is 0 Å². The van der Waals surface area contributed by atoms with Gasteiger partial charge in [0.1, 0.15) is 0 Å². The highest BCUT2D eigenvalue weighted by molar-refractivity contribution is 6.30. The number of aromatic nitrogens is 1. The third-order valence-corrected chi connectivity index (χ3v) is 2.52. The summed E-state index contributed by atoms with van der Waals surface area (Å²) in [4.78, 5) is 0. The second-order valence-corrected chi connectivity index (χ2v) is 3.79. The normalized spacial score (nSPS) is 10.3. The number of pyridine rings is 1. The van der Waals surface area contributed by atoms with Crippen LogP contribution in [0.1, 0.15) is 5.69 Å². The van der Waals surface area contributed by atoms with E-state index in [0.29, 0.717) is 16.4 Å². The highest BCUT2D eigenvalue weighted by Crippen LogP contribution is 2.18. The number of halogens is 1. The van der Waals surface area contributed by atoms with Crippen molar-refractivity contribution < 1.29 is 4.73 Å². The molecule has 0 amide bonds. The predicted octanol–water partition coefficient (Wildman–Crippen LogP) is 2.95. The fourth-order valence-corrected chi connectivity index (χ4v) is 1.56. The zero-order valence-electron chi connectivity index (χ0n) is 8.27. The van der Waals surface area contributed by atoms with Crippen LogP contribution >= 0.6 is 11.6 Å². The summed E-state index contributed by atoms with van der Waals surface area (Å²) in [6.07, 6.45) is 0. The highest BCUT2D eigenvalue weighted by atomic mass is 35.5. The molecule has 15 heavy (non-hydrogen) atoms. The van der Waals surface area contributed by atoms with Crippen molar-refractivity contribution in [2.45, 2.75) is 6.92 Å². The molecule has 2 nitrogen and oxygen atoms in total. The van der Waals surface area contributed by atoms with E-state index in [9.17, 15) is 5.21 Å². The van der Waals surface area contributed by atoms with Gasteiger partial charge in [-0.05, 0) is 30.3 Å². The van der Waals surface area contributed by atoms with Crippen LogP contribution in [0.5, 0.6) is 0 Å². The number of nitrogens with zero attached hydrogens (tertiary/aromatic N) is 1. The molecule has 1 aromatic heterocycles. The Morgan fingerprint density at radius 2 is 1.73 bits per heavy atom. The number of hydrogen-bond donors (Lipinski definition) is 0. The number of benzene rings is 1. The average molecular weight is 220 g/mol. The summed E-state index contributed by atoms with van der Waals surface area (Å²) in [6.45, 7) is 1.78. The Balaban J connectivity index is 2.54. The molecule has 0 atom stereocenters. The summed E-state index contributed by atoms with van der Waals surface area (Å²) >= 11 is 5.79. The monoisotopic (exact) mass is 219 g/mol. The number of hydrogen-bond acceptors (Lipinski definition) is 1. The molecule has 0 bridgehead atoms. The lowest BCUT2D eigenvalue weighted by Gasteiger charge is -2.06. The van der Waals surface area contributed by atoms with Gasteiger partial charge >= 0.3 is 0 Å². The second-order valence-electron chi connectivity index (χ2n) is 3.35. The van der Waals surface area contributed by atoms with Crippen LogP contribution in [-0.2, 0) is 0 Å². The maximum Gasteiger partial charge on any atom is 0.223 e. The van der Waals surface area contributed by atoms with Crippen LogP contribution in [-0.4, -0.2) is 0 Å². The lowest BCUT2D eigenvalue weighted by molar-refractivity contribution is -0.600. The average Bonchev–Trinajstić information content (AvgIpc) is 2.24. The second kappa shape index (κ2) is 3.91. The molecule has 0 aliphatic heterocycles. The van der Waals surface area contributed by atoms with E-state index in [-0.39, 0.29) is 0 Å². The number of aryl methyl sites for hydroxylation is 1. The fourth-order valence-electron chi connectivity index (χ4n) is 1.44. The van der Waals surface area contributed by atoms with E-state index in [1.807, 2.05) is 18.2 Å². The largest absolute Gasteiger partial charge is 0.618 e. The van der Waals surface area contributed by atoms with E-state index in [4.69, 9.17) is 11.6 Å². The lowest BCUT2D eigenvalue weighted by Crippen LogP contribution is -2.32. The van der Waals surface area contributed by atoms with Gasteiger partial charge in [0, 0.05) is 29.6 Å². The van der Waals surface area contributed by atoms with Crippen molar-refractivity contribution in [2.24, 2.45) is 0 Å². The van der Waals surface area contributed by atoms with Gasteiger partial charge in [0.05, 0.1) is 0 Å². The van der Waals surface area contributed by atoms with Crippen LogP contribution in [0.2, 0.25) is 5.02 Å². The van der Waals surface area contributed by atoms with E-state index < -0.39 is 0 Å². The summed E-state index contributed by atoms with van der Waals surface area (Å²) in [7, 11) is 0. The van der Waals surface area contributed by atoms with Gasteiger partial charge < -0.3 is 5.21 Å². The molecule has 2 aromatic rings. The molecule has 1 heterocycles. The van der Waals surface area contributed by atoms with E-state index >= 15 is 0 Å². The zero-order valence-corrected chi connectivity index (χ0v) is 9.03. The Kier molecular flexibility index (Phi) is 2.60. The van der Waals surface area contributed by atoms with Gasteiger partial charge in [-0.25, -0.2) is 0 Å². The molecule has 0 aliphatic rings. The Morgan fingerprint density at radius 1 is 1.07 bits per heavy atom. The first-order valence-corrected chi connectivity index (χ1v) is 5.01. The Hall–Kier alpha value is -1.54. The van der Waals surface area contributed by atoms with Crippen LogP contribution < -0.4 is 4.73 Å². The van der Waals surface area contributed by atoms with Crippen molar-refractivity contribution in [3.05, 3.63) is 58.4 Å². The molecule has 0 fully saturated rings. The van der Waals surface area contributed by atoms with E-state index in [1.54, 1.807) is 31.2 Å². The third-order valence-electron chi connectivity index (χ3n) is 2.27. The molecular weight excluding hydrogens is 210 g/mol. The minimum absolute atomic E-state index is 0.645. The van der Waals surface area contributed by atoms with Gasteiger partial charge in [0.2, 0.25) is 5.69 Å². The molecule has 76 valence electrons. The van der Waals surface area contributed by atoms with Gasteiger partial charge in [-0.1, -0.05) is 11.6 Å². The van der Waals surface area contributed by atoms with E-state index in [0.717, 1.165) is 10.3 Å². The molecule has 3 heteroatoms. The fraction of sp³-hybridized carbons (Fsp3) is 0.0833. The van der Waals surface area contributed by atoms with Gasteiger partial charge in [0.15, 0.2) is 5.69 Å². The summed E-state index contributed by atoms with van der Waals surface area (Å²) in [6, 6.07) is 12.7. The lowest BCUT2D eigenvalue weighted by atomic mass is 10.1. The van der Waals surface area contributed by atoms with Gasteiger partial charge in [-0.2, -0.15) is 4.73 Å². The maximum atomic E-state index is 11.7. The van der Waals surface area contributed by atoms with Crippen LogP contribution in [0.3, 0.4) is 0 Å². The molecule has 0 N–H and O–H groups in total. The van der Waals surface area contributed by atoms with E-state index in [1.165, 1.54) is 0 Å². The highest BCUT2D eigenvalue weighted by Gasteiger charge is 2.09. The minimum Gasteiger partial charge on any atom is -0.618 e. The first-order valence-electron chi connectivity index (χ1n) is 4.63. The van der Waals surface area contributed by atoms with Gasteiger partial charge in [0.25, 0.3) is 0 Å². The van der Waals surface area contributed by atoms with Crippen LogP contribution in [0.25, 0.3) is 11.3 Å². The maximum absolute atomic E-state index is 11.7. The first-order chi connectivity index (χ1) is 7.18. The zero-order chi connectivity index (χ0) is 10.8. The van der Waals surface area contributed by atoms with Crippen LogP contribution in [0.15, 0.2) is 42.5 Å². The van der Waals surface area contributed by atoms with Gasteiger partial charge in [-0.15, -0.1) is 0 Å². The quantitative estimate of drug-likeness (QED) is 0.535. The Labute approximate surface area is 93.3 Å². The first kappa shape index (κ1) is 9.99. The molecule has 0 saturated heterocycles. The molecule has 0 saturated carbocycles. The van der Waals surface area contributed by atoms with Crippen molar-refractivity contribution in [3.63, 3.8) is 0 Å². The summed E-state index contributed by atoms with van der Waals surface area (Å²) in [5, 5.41) is 12.4.